The van der Waals surface area contributed by atoms with Crippen molar-refractivity contribution in [3.05, 3.63) is 89.5 Å². The first-order chi connectivity index (χ1) is 66.3. The van der Waals surface area contributed by atoms with Crippen LogP contribution in [0.15, 0.2) is 57.0 Å². The highest BCUT2D eigenvalue weighted by Crippen LogP contribution is 2.45. The van der Waals surface area contributed by atoms with Crippen LogP contribution in [0.3, 0.4) is 0 Å². The lowest BCUT2D eigenvalue weighted by atomic mass is 9.83. The summed E-state index contributed by atoms with van der Waals surface area (Å²) in [5.74, 6) is -13.6. The van der Waals surface area contributed by atoms with E-state index in [4.69, 9.17) is 18.5 Å². The van der Waals surface area contributed by atoms with Crippen molar-refractivity contribution in [1.82, 2.24) is 50.4 Å². The second-order valence-corrected chi connectivity index (χ2v) is 44.0. The molecule has 0 aliphatic carbocycles. The average Bonchev–Trinajstić information content (AvgIpc) is 1.62. The lowest BCUT2D eigenvalue weighted by molar-refractivity contribution is -0.150. The Bertz CT molecular complexity index is 4880. The molecule has 3 aliphatic heterocycles. The third-order valence-electron chi connectivity index (χ3n) is 26.1. The molecule has 2 aromatic carbocycles. The van der Waals surface area contributed by atoms with E-state index in [1.165, 1.54) is 69.8 Å². The molecular weight excluding hydrogens is 1940 g/mol. The van der Waals surface area contributed by atoms with Crippen LogP contribution in [-0.4, -0.2) is 255 Å². The van der Waals surface area contributed by atoms with Crippen molar-refractivity contribution in [2.24, 2.45) is 47.3 Å². The molecule has 11 N–H and O–H groups in total. The number of carbonyl (C=O) groups excluding carboxylic acids is 13. The first-order valence-electron chi connectivity index (χ1n) is 48.1. The molecule has 3 aliphatic rings. The number of aliphatic carboxylic acids is 2. The van der Waals surface area contributed by atoms with Gasteiger partial charge in [0.1, 0.15) is 21.4 Å². The van der Waals surface area contributed by atoms with Crippen LogP contribution in [0.25, 0.3) is 0 Å². The topological polar surface area (TPSA) is 551 Å². The fourth-order valence-corrected chi connectivity index (χ4v) is 22.4. The van der Waals surface area contributed by atoms with Crippen LogP contribution >= 0.6 is 61.8 Å². The Morgan fingerprint density at radius 3 is 1.25 bits per heavy atom. The van der Waals surface area contributed by atoms with Gasteiger partial charge in [0.2, 0.25) is 29.5 Å². The van der Waals surface area contributed by atoms with Gasteiger partial charge in [-0.15, -0.1) is 46.2 Å². The van der Waals surface area contributed by atoms with Crippen molar-refractivity contribution in [3.63, 3.8) is 0 Å². The van der Waals surface area contributed by atoms with Gasteiger partial charge in [0, 0.05) is 133 Å². The number of esters is 2. The number of benzene rings is 2. The lowest BCUT2D eigenvalue weighted by Gasteiger charge is -2.37. The molecule has 4 aromatic rings. The molecule has 782 valence electrons. The van der Waals surface area contributed by atoms with E-state index in [-0.39, 0.29) is 216 Å². The highest BCUT2D eigenvalue weighted by atomic mass is 32.2. The third kappa shape index (κ3) is 37.0. The number of phosphoric ester groups is 2. The number of imide groups is 1. The zero-order valence-electron chi connectivity index (χ0n) is 83.6. The van der Waals surface area contributed by atoms with Crippen LogP contribution in [0.1, 0.15) is 272 Å². The number of aromatic nitrogens is 2. The molecule has 0 radical (unpaired) electrons. The molecule has 2 fully saturated rings. The summed E-state index contributed by atoms with van der Waals surface area (Å²) in [7, 11) is -1.97. The third-order valence-corrected chi connectivity index (χ3v) is 31.2. The number of nitrogens with one attached hydrogen (secondary N) is 5. The number of rotatable bonds is 59. The quantitative estimate of drug-likeness (QED) is 0.00846. The first kappa shape index (κ1) is 119. The lowest BCUT2D eigenvalue weighted by Crippen LogP contribution is -2.48. The number of piperidine rings is 2. The minimum Gasteiger partial charge on any atom is -0.481 e. The van der Waals surface area contributed by atoms with E-state index >= 15 is 0 Å². The number of amides is 9. The standard InChI is InChI=1S/C96H142N12O27P2S4/c1-18-56(7)66(48-76(111)72-28-20-23-37-104(72)14)91(118)106(16)74(54(3)4)50-80(132-60(11)109)89-102-70(52-140-89)87(116)98-64(42-58(9)95(122)123)44-62-33-35-78(134-136(126,127)128)68(46-62)100-83(114)31-26-40-138-85-86(94(121)108(93(85)120)39-25-22-30-82(113)97-13)139-41-27-32-84(115)101-69-47-63(34-36-79(69)135-137(129,130)131)45-65(43-59(10)96(124)125)99-88(117)71-53-141-90(103-71)81(133-61(12)110)51-75(55(5)6)107(17)92(119)67(57(8)19-2)49-77(112)73-29-21-24-38-105(73)15/h33-36,46-47,52-59,64-67,72-75,80-81H,18-32,37-45,48-51H2,1-17H3,(H,97,113)(H,98,116)(H,99,117)(H,100,114)(H,101,115)(H,122,123)(H,124,125)(H2,126,127,128)(H2,129,130,131)/t56-,57-,58?,59?,64+,65+,66-,67-,72?,73?,74+,75+,80+,81+/m0/s1. The second-order valence-electron chi connectivity index (χ2n) is 37.7. The van der Waals surface area contributed by atoms with E-state index < -0.39 is 147 Å². The van der Waals surface area contributed by atoms with Crippen LogP contribution in [-0.2, 0) is 93.8 Å². The molecule has 39 nitrogen and oxygen atoms in total. The molecular formula is C96H142N12O27P2S4. The van der Waals surface area contributed by atoms with Gasteiger partial charge in [0.05, 0.1) is 45.1 Å². The predicted octanol–water partition coefficient (Wildman–Crippen LogP) is 12.7. The minimum absolute atomic E-state index is 0.00998. The molecule has 14 atom stereocenters. The maximum Gasteiger partial charge on any atom is 0.524 e. The van der Waals surface area contributed by atoms with E-state index in [0.717, 1.165) is 102 Å². The van der Waals surface area contributed by atoms with Crippen LogP contribution in [0.4, 0.5) is 11.4 Å². The maximum absolute atomic E-state index is 14.6. The number of unbranched alkanes of at least 4 members (excludes halogenated alkanes) is 1. The molecule has 5 heterocycles. The first-order valence-corrected chi connectivity index (χ1v) is 54.9. The summed E-state index contributed by atoms with van der Waals surface area (Å²) in [4.78, 5) is 262. The number of carboxylic acid groups (broad SMARTS) is 2. The molecule has 9 amide bonds. The number of carboxylic acids is 2. The normalized spacial score (nSPS) is 17.6. The van der Waals surface area contributed by atoms with Gasteiger partial charge in [0.25, 0.3) is 23.6 Å². The van der Waals surface area contributed by atoms with Gasteiger partial charge in [-0.1, -0.05) is 107 Å². The number of thioether (sulfide) groups is 2. The maximum atomic E-state index is 14.6. The van der Waals surface area contributed by atoms with E-state index in [0.29, 0.717) is 43.2 Å². The molecule has 4 unspecified atom stereocenters. The van der Waals surface area contributed by atoms with Crippen molar-refractivity contribution in [2.75, 3.05) is 77.0 Å². The fourth-order valence-electron chi connectivity index (χ4n) is 17.7. The highest BCUT2D eigenvalue weighted by molar-refractivity contribution is 8.08. The number of phosphoric acid groups is 2. The van der Waals surface area contributed by atoms with Gasteiger partial charge in [0.15, 0.2) is 35.3 Å². The van der Waals surface area contributed by atoms with Gasteiger partial charge in [-0.25, -0.2) is 19.1 Å². The number of ether oxygens (including phenoxy) is 2. The molecule has 2 saturated heterocycles. The van der Waals surface area contributed by atoms with Gasteiger partial charge < -0.3 is 65.1 Å². The SMILES string of the molecule is CC[C@H](C)[C@H](CC(=O)C1CCCCN1C)C(=O)N(C)[C@H](C[C@@H](OC(C)=O)c1nc(C(=O)N[C@@H](Cc2ccc(OP(=O)(O)O)c(NC(=O)CCCSC3=C(SCCCC(=O)Nc4cc(C[C@@H](CC(C)C(=O)O)NC(=O)c5csc([C@@H](C[C@H](C(C)C)N(C)C(=O)[C@@H](CC(=O)C6CCCCN6C)[C@@H](C)CC)OC(C)=O)n5)ccc4OP(=O)(O)O)C(=O)N(CCCCC(=O)NC)C3=O)c2)CC(C)C(=O)O)cs1)C(C)C. The fraction of sp³-hybridized carbons (Fsp3) is 0.635. The highest BCUT2D eigenvalue weighted by Gasteiger charge is 2.43. The van der Waals surface area contributed by atoms with E-state index in [1.807, 2.05) is 79.3 Å². The van der Waals surface area contributed by atoms with E-state index in [9.17, 15) is 111 Å². The predicted molar refractivity (Wildman–Crippen MR) is 534 cm³/mol. The van der Waals surface area contributed by atoms with Crippen LogP contribution in [0.2, 0.25) is 0 Å². The summed E-state index contributed by atoms with van der Waals surface area (Å²) in [6.07, 6.45) is 4.19. The summed E-state index contributed by atoms with van der Waals surface area (Å²) in [6.45, 7) is 22.3. The van der Waals surface area contributed by atoms with Crippen molar-refractivity contribution >= 4 is 162 Å². The zero-order chi connectivity index (χ0) is 105. The molecule has 141 heavy (non-hydrogen) atoms. The zero-order valence-corrected chi connectivity index (χ0v) is 88.6. The average molecular weight is 2090 g/mol. The summed E-state index contributed by atoms with van der Waals surface area (Å²) in [6, 6.07) is 4.13. The summed E-state index contributed by atoms with van der Waals surface area (Å²) < 4.78 is 46.5. The Labute approximate surface area is 841 Å². The molecule has 7 rings (SSSR count). The van der Waals surface area contributed by atoms with Crippen molar-refractivity contribution in [1.29, 1.82) is 0 Å². The number of ketones is 2. The number of Topliss-reactive ketones (excluding diaryl/α,β-unsaturated/α-hetero) is 2. The molecule has 2 aromatic heterocycles. The Morgan fingerprint density at radius 1 is 0.539 bits per heavy atom. The number of hydrogen-bond donors (Lipinski definition) is 11. The number of hydrogen-bond acceptors (Lipinski definition) is 29. The number of anilines is 2. The van der Waals surface area contributed by atoms with Crippen LogP contribution in [0.5, 0.6) is 11.5 Å². The van der Waals surface area contributed by atoms with Gasteiger partial charge >= 0.3 is 39.5 Å². The van der Waals surface area contributed by atoms with Crippen molar-refractivity contribution in [3.8, 4) is 11.5 Å². The van der Waals surface area contributed by atoms with E-state index in [2.05, 4.69) is 36.6 Å². The smallest absolute Gasteiger partial charge is 0.481 e. The number of likely N-dealkylation sites (tertiary alicyclic amines) is 2. The molecule has 0 spiro atoms. The Balaban J connectivity index is 1.03. The van der Waals surface area contributed by atoms with Gasteiger partial charge in [-0.2, -0.15) is 0 Å². The second kappa shape index (κ2) is 56.2. The summed E-state index contributed by atoms with van der Waals surface area (Å²) in [5.41, 5.74) is -0.0888. The van der Waals surface area contributed by atoms with Crippen molar-refractivity contribution < 1.29 is 129 Å². The van der Waals surface area contributed by atoms with Gasteiger partial charge in [-0.05, 0) is 175 Å². The molecule has 45 heteroatoms. The molecule has 0 saturated carbocycles. The minimum atomic E-state index is -5.31. The number of thiazole rings is 2. The molecule has 0 bridgehead atoms. The number of nitrogens with zero attached hydrogens (tertiary/aromatic N) is 7. The van der Waals surface area contributed by atoms with Gasteiger partial charge in [-0.3, -0.25) is 106 Å². The summed E-state index contributed by atoms with van der Waals surface area (Å²) >= 11 is 3.95. The number of likely N-dealkylation sites (N-methyl/N-ethyl adjacent to an activating group) is 2. The van der Waals surface area contributed by atoms with Crippen LogP contribution < -0.4 is 35.6 Å². The summed E-state index contributed by atoms with van der Waals surface area (Å²) in [5, 5.41) is 37.0. The Kier molecular flexibility index (Phi) is 47.2. The van der Waals surface area contributed by atoms with E-state index in [1.54, 1.807) is 23.9 Å². The Hall–Kier alpha value is -9.39. The number of carbonyl (C=O) groups is 15. The Morgan fingerprint density at radius 2 is 0.915 bits per heavy atom. The monoisotopic (exact) mass is 2080 g/mol. The van der Waals surface area contributed by atoms with Crippen LogP contribution in [0, 0.1) is 47.3 Å². The van der Waals surface area contributed by atoms with Crippen molar-refractivity contribution in [2.45, 2.75) is 279 Å². The largest absolute Gasteiger partial charge is 0.524 e.